The number of hydrogen-bond acceptors (Lipinski definition) is 3. The van der Waals surface area contributed by atoms with Crippen LogP contribution in [0.4, 0.5) is 0 Å². The van der Waals surface area contributed by atoms with Gasteiger partial charge >= 0.3 is 0 Å². The van der Waals surface area contributed by atoms with Gasteiger partial charge in [0.1, 0.15) is 0 Å². The number of nitrogens with zero attached hydrogens (tertiary/aromatic N) is 1. The first-order valence-electron chi connectivity index (χ1n) is 6.11. The summed E-state index contributed by atoms with van der Waals surface area (Å²) in [6.07, 6.45) is 5.10. The summed E-state index contributed by atoms with van der Waals surface area (Å²) in [5.41, 5.74) is -0.598. The predicted molar refractivity (Wildman–Crippen MR) is 64.2 cm³/mol. The summed E-state index contributed by atoms with van der Waals surface area (Å²) < 4.78 is 0. The molecule has 1 amide bonds. The van der Waals surface area contributed by atoms with Crippen LogP contribution in [0.1, 0.15) is 39.0 Å². The van der Waals surface area contributed by atoms with Gasteiger partial charge in [-0.05, 0) is 19.8 Å². The Morgan fingerprint density at radius 2 is 1.94 bits per heavy atom. The quantitative estimate of drug-likeness (QED) is 0.746. The third-order valence-corrected chi connectivity index (χ3v) is 3.33. The second kappa shape index (κ2) is 5.64. The van der Waals surface area contributed by atoms with E-state index in [2.05, 4.69) is 5.32 Å². The lowest BCUT2D eigenvalue weighted by Crippen LogP contribution is -2.49. The van der Waals surface area contributed by atoms with Crippen LogP contribution in [0.15, 0.2) is 0 Å². The molecule has 1 saturated carbocycles. The van der Waals surface area contributed by atoms with Crippen molar-refractivity contribution in [3.05, 3.63) is 0 Å². The monoisotopic (exact) mass is 228 g/mol. The number of carbonyl (C=O) groups excluding carboxylic acids is 1. The van der Waals surface area contributed by atoms with Crippen LogP contribution in [0.25, 0.3) is 0 Å². The fourth-order valence-corrected chi connectivity index (χ4v) is 2.20. The Morgan fingerprint density at radius 1 is 1.38 bits per heavy atom. The first kappa shape index (κ1) is 13.5. The second-order valence-electron chi connectivity index (χ2n) is 5.12. The predicted octanol–water partition coefficient (Wildman–Crippen LogP) is 0.748. The molecule has 1 rings (SSSR count). The van der Waals surface area contributed by atoms with Crippen LogP contribution in [0, 0.1) is 0 Å². The Morgan fingerprint density at radius 3 is 2.44 bits per heavy atom. The van der Waals surface area contributed by atoms with E-state index < -0.39 is 5.60 Å². The lowest BCUT2D eigenvalue weighted by molar-refractivity contribution is -0.130. The Kier molecular flexibility index (Phi) is 4.74. The van der Waals surface area contributed by atoms with Crippen molar-refractivity contribution in [3.63, 3.8) is 0 Å². The minimum atomic E-state index is -0.598. The molecule has 0 aromatic heterocycles. The highest BCUT2D eigenvalue weighted by Gasteiger charge is 2.30. The zero-order valence-electron chi connectivity index (χ0n) is 10.6. The van der Waals surface area contributed by atoms with Gasteiger partial charge in [0.2, 0.25) is 5.91 Å². The largest absolute Gasteiger partial charge is 0.389 e. The van der Waals surface area contributed by atoms with Gasteiger partial charge in [0.25, 0.3) is 0 Å². The summed E-state index contributed by atoms with van der Waals surface area (Å²) in [5, 5.41) is 13.4. The molecule has 1 aliphatic rings. The fraction of sp³-hybridized carbons (Fsp3) is 0.917. The van der Waals surface area contributed by atoms with E-state index in [-0.39, 0.29) is 11.9 Å². The van der Waals surface area contributed by atoms with Crippen molar-refractivity contribution in [1.29, 1.82) is 0 Å². The Bertz CT molecular complexity index is 235. The van der Waals surface area contributed by atoms with Gasteiger partial charge in [-0.1, -0.05) is 19.3 Å². The molecule has 0 aromatic rings. The van der Waals surface area contributed by atoms with Crippen molar-refractivity contribution in [2.45, 2.75) is 50.7 Å². The molecule has 0 aromatic carbocycles. The van der Waals surface area contributed by atoms with Crippen molar-refractivity contribution in [2.75, 3.05) is 20.6 Å². The van der Waals surface area contributed by atoms with Crippen molar-refractivity contribution in [2.24, 2.45) is 0 Å². The maximum absolute atomic E-state index is 11.6. The molecule has 0 saturated heterocycles. The molecule has 1 atom stereocenters. The van der Waals surface area contributed by atoms with Crippen molar-refractivity contribution in [3.8, 4) is 0 Å². The molecule has 0 aliphatic heterocycles. The average molecular weight is 228 g/mol. The lowest BCUT2D eigenvalue weighted by Gasteiger charge is -2.33. The molecule has 2 N–H and O–H groups in total. The summed E-state index contributed by atoms with van der Waals surface area (Å²) in [5.74, 6) is 0.0550. The van der Waals surface area contributed by atoms with E-state index in [1.165, 1.54) is 6.42 Å². The Hall–Kier alpha value is -0.610. The summed E-state index contributed by atoms with van der Waals surface area (Å²) in [6.45, 7) is 2.36. The molecule has 0 spiro atoms. The highest BCUT2D eigenvalue weighted by atomic mass is 16.3. The van der Waals surface area contributed by atoms with Crippen LogP contribution < -0.4 is 5.32 Å². The summed E-state index contributed by atoms with van der Waals surface area (Å²) in [7, 11) is 3.49. The van der Waals surface area contributed by atoms with Gasteiger partial charge in [-0.3, -0.25) is 4.79 Å². The number of nitrogens with one attached hydrogen (secondary N) is 1. The second-order valence-corrected chi connectivity index (χ2v) is 5.12. The maximum atomic E-state index is 11.6. The third kappa shape index (κ3) is 3.76. The van der Waals surface area contributed by atoms with Crippen LogP contribution in [-0.4, -0.2) is 48.2 Å². The summed E-state index contributed by atoms with van der Waals surface area (Å²) in [4.78, 5) is 13.2. The average Bonchev–Trinajstić information content (AvgIpc) is 2.26. The molecule has 0 radical (unpaired) electrons. The van der Waals surface area contributed by atoms with E-state index in [4.69, 9.17) is 0 Å². The van der Waals surface area contributed by atoms with Crippen LogP contribution >= 0.6 is 0 Å². The van der Waals surface area contributed by atoms with E-state index >= 15 is 0 Å². The van der Waals surface area contributed by atoms with Gasteiger partial charge < -0.3 is 15.3 Å². The third-order valence-electron chi connectivity index (χ3n) is 3.33. The van der Waals surface area contributed by atoms with Gasteiger partial charge in [0.15, 0.2) is 0 Å². The van der Waals surface area contributed by atoms with Crippen LogP contribution in [0.5, 0.6) is 0 Å². The molecule has 0 bridgehead atoms. The van der Waals surface area contributed by atoms with Gasteiger partial charge in [-0.25, -0.2) is 0 Å². The van der Waals surface area contributed by atoms with Gasteiger partial charge in [0, 0.05) is 20.6 Å². The van der Waals surface area contributed by atoms with Crippen LogP contribution in [0.3, 0.4) is 0 Å². The summed E-state index contributed by atoms with van der Waals surface area (Å²) in [6, 6.07) is -0.221. The standard InChI is InChI=1S/C12H24N2O2/c1-10(11(15)14(2)3)13-9-12(16)7-5-4-6-8-12/h10,13,16H,4-9H2,1-3H3. The number of aliphatic hydroxyl groups is 1. The van der Waals surface area contributed by atoms with Gasteiger partial charge in [-0.15, -0.1) is 0 Å². The number of amides is 1. The molecule has 1 fully saturated rings. The van der Waals surface area contributed by atoms with E-state index in [9.17, 15) is 9.90 Å². The minimum Gasteiger partial charge on any atom is -0.389 e. The maximum Gasteiger partial charge on any atom is 0.238 e. The van der Waals surface area contributed by atoms with E-state index in [0.29, 0.717) is 6.54 Å². The number of hydrogen-bond donors (Lipinski definition) is 2. The number of likely N-dealkylation sites (N-methyl/N-ethyl adjacent to an activating group) is 1. The molecule has 1 unspecified atom stereocenters. The van der Waals surface area contributed by atoms with E-state index in [0.717, 1.165) is 25.7 Å². The molecular weight excluding hydrogens is 204 g/mol. The number of rotatable bonds is 4. The van der Waals surface area contributed by atoms with Crippen molar-refractivity contribution in [1.82, 2.24) is 10.2 Å². The topological polar surface area (TPSA) is 52.6 Å². The van der Waals surface area contributed by atoms with E-state index in [1.807, 2.05) is 6.92 Å². The zero-order valence-corrected chi connectivity index (χ0v) is 10.6. The van der Waals surface area contributed by atoms with Crippen molar-refractivity contribution >= 4 is 5.91 Å². The first-order chi connectivity index (χ1) is 7.44. The molecule has 1 aliphatic carbocycles. The normalized spacial score (nSPS) is 21.5. The zero-order chi connectivity index (χ0) is 12.2. The van der Waals surface area contributed by atoms with Crippen LogP contribution in [-0.2, 0) is 4.79 Å². The Labute approximate surface area is 98.0 Å². The first-order valence-corrected chi connectivity index (χ1v) is 6.11. The van der Waals surface area contributed by atoms with Crippen molar-refractivity contribution < 1.29 is 9.90 Å². The van der Waals surface area contributed by atoms with Gasteiger partial charge in [0.05, 0.1) is 11.6 Å². The smallest absolute Gasteiger partial charge is 0.238 e. The molecule has 0 heterocycles. The molecule has 4 nitrogen and oxygen atoms in total. The highest BCUT2D eigenvalue weighted by molar-refractivity contribution is 5.80. The highest BCUT2D eigenvalue weighted by Crippen LogP contribution is 2.27. The lowest BCUT2D eigenvalue weighted by atomic mass is 9.85. The van der Waals surface area contributed by atoms with Gasteiger partial charge in [-0.2, -0.15) is 0 Å². The molecule has 4 heteroatoms. The minimum absolute atomic E-state index is 0.0550. The SMILES string of the molecule is CC(NCC1(O)CCCCC1)C(=O)N(C)C. The fourth-order valence-electron chi connectivity index (χ4n) is 2.20. The Balaban J connectivity index is 2.35. The summed E-state index contributed by atoms with van der Waals surface area (Å²) >= 11 is 0. The molecule has 16 heavy (non-hydrogen) atoms. The molecule has 94 valence electrons. The molecular formula is C12H24N2O2. The van der Waals surface area contributed by atoms with E-state index in [1.54, 1.807) is 19.0 Å². The van der Waals surface area contributed by atoms with Crippen LogP contribution in [0.2, 0.25) is 0 Å². The number of carbonyl (C=O) groups is 1.